The van der Waals surface area contributed by atoms with E-state index in [1.807, 2.05) is 24.3 Å². The number of amides is 1. The van der Waals surface area contributed by atoms with Crippen molar-refractivity contribution in [1.82, 2.24) is 0 Å². The predicted molar refractivity (Wildman–Crippen MR) is 89.2 cm³/mol. The number of primary amides is 1. The molecular weight excluding hydrogens is 376 g/mol. The Bertz CT molecular complexity index is 548. The molecule has 20 heavy (non-hydrogen) atoms. The molecule has 2 aromatic rings. The number of rotatable bonds is 6. The van der Waals surface area contributed by atoms with Crippen molar-refractivity contribution in [3.63, 3.8) is 0 Å². The fraction of sp³-hybridized carbons (Fsp3) is 0.214. The number of halogens is 2. The van der Waals surface area contributed by atoms with Crippen LogP contribution in [0.4, 0.5) is 0 Å². The average Bonchev–Trinajstić information content (AvgIpc) is 2.89. The maximum atomic E-state index is 11.6. The molecule has 0 aliphatic rings. The molecular formula is C14H15AsCl2NOS. The molecule has 2 rings (SSSR count). The minimum atomic E-state index is -0.265. The van der Waals surface area contributed by atoms with E-state index in [4.69, 9.17) is 17.3 Å². The first-order chi connectivity index (χ1) is 9.18. The van der Waals surface area contributed by atoms with Crippen LogP contribution >= 0.6 is 35.3 Å². The van der Waals surface area contributed by atoms with E-state index < -0.39 is 0 Å². The zero-order chi connectivity index (χ0) is 13.7. The SMILES string of the molecule is Cl.NC(=O)C([As]CCc1cccs1)c1ccccc1Cl. The number of aryl methyl sites for hydroxylation is 1. The fourth-order valence-electron chi connectivity index (χ4n) is 1.80. The third-order valence-corrected chi connectivity index (χ3v) is 6.89. The molecule has 0 aliphatic carbocycles. The molecule has 0 saturated heterocycles. The van der Waals surface area contributed by atoms with Crippen LogP contribution < -0.4 is 5.73 Å². The number of carbonyl (C=O) groups is 1. The zero-order valence-electron chi connectivity index (χ0n) is 10.7. The molecule has 1 unspecified atom stereocenters. The van der Waals surface area contributed by atoms with Gasteiger partial charge >= 0.3 is 129 Å². The minimum absolute atomic E-state index is 0. The van der Waals surface area contributed by atoms with Crippen molar-refractivity contribution in [3.05, 3.63) is 57.2 Å². The topological polar surface area (TPSA) is 43.1 Å². The Kier molecular flexibility index (Phi) is 7.68. The summed E-state index contributed by atoms with van der Waals surface area (Å²) in [5, 5.41) is 3.74. The van der Waals surface area contributed by atoms with E-state index in [9.17, 15) is 4.79 Å². The molecule has 107 valence electrons. The van der Waals surface area contributed by atoms with Crippen molar-refractivity contribution in [2.24, 2.45) is 5.73 Å². The van der Waals surface area contributed by atoms with Crippen LogP contribution in [0.2, 0.25) is 10.2 Å². The Hall–Kier alpha value is -0.472. The van der Waals surface area contributed by atoms with Crippen LogP contribution in [0.1, 0.15) is 15.1 Å². The average molecular weight is 391 g/mol. The second kappa shape index (κ2) is 8.74. The van der Waals surface area contributed by atoms with E-state index in [1.54, 1.807) is 11.3 Å². The number of nitrogens with two attached hydrogens (primary N) is 1. The van der Waals surface area contributed by atoms with Crippen molar-refractivity contribution >= 4 is 57.0 Å². The summed E-state index contributed by atoms with van der Waals surface area (Å²) < 4.78 is -0.204. The molecule has 1 heterocycles. The Morgan fingerprint density at radius 1 is 1.30 bits per heavy atom. The Morgan fingerprint density at radius 3 is 2.65 bits per heavy atom. The van der Waals surface area contributed by atoms with E-state index in [1.165, 1.54) is 4.88 Å². The van der Waals surface area contributed by atoms with Gasteiger partial charge in [0, 0.05) is 0 Å². The third-order valence-electron chi connectivity index (χ3n) is 2.72. The van der Waals surface area contributed by atoms with E-state index >= 15 is 0 Å². The summed E-state index contributed by atoms with van der Waals surface area (Å²) in [6.45, 7) is 0. The maximum absolute atomic E-state index is 11.6. The van der Waals surface area contributed by atoms with E-state index in [2.05, 4.69) is 17.5 Å². The van der Waals surface area contributed by atoms with Crippen LogP contribution in [0, 0.1) is 0 Å². The van der Waals surface area contributed by atoms with Gasteiger partial charge in [-0.25, -0.2) is 0 Å². The molecule has 1 atom stereocenters. The van der Waals surface area contributed by atoms with Gasteiger partial charge in [-0.2, -0.15) is 0 Å². The molecule has 1 aromatic heterocycles. The standard InChI is InChI=1S/C14H14AsClNOS.ClH/c16-12-6-2-1-5-11(12)13(14(17)18)15-8-7-10-4-3-9-19-10;/h1-6,9,13H,7-8H2,(H2,17,18);1H. The Labute approximate surface area is 140 Å². The molecule has 1 aromatic carbocycles. The van der Waals surface area contributed by atoms with Gasteiger partial charge in [-0.1, -0.05) is 0 Å². The summed E-state index contributed by atoms with van der Waals surface area (Å²) in [6, 6.07) is 11.7. The second-order valence-electron chi connectivity index (χ2n) is 4.06. The van der Waals surface area contributed by atoms with Crippen molar-refractivity contribution < 1.29 is 4.79 Å². The summed E-state index contributed by atoms with van der Waals surface area (Å²) in [7, 11) is 0. The van der Waals surface area contributed by atoms with Crippen LogP contribution in [0.15, 0.2) is 41.8 Å². The van der Waals surface area contributed by atoms with Crippen molar-refractivity contribution in [1.29, 1.82) is 0 Å². The van der Waals surface area contributed by atoms with Crippen molar-refractivity contribution in [2.45, 2.75) is 16.3 Å². The third kappa shape index (κ3) is 4.82. The van der Waals surface area contributed by atoms with Crippen LogP contribution in [0.25, 0.3) is 0 Å². The molecule has 0 spiro atoms. The molecule has 0 fully saturated rings. The van der Waals surface area contributed by atoms with Gasteiger partial charge in [0.25, 0.3) is 0 Å². The van der Waals surface area contributed by atoms with Crippen molar-refractivity contribution in [3.8, 4) is 0 Å². The van der Waals surface area contributed by atoms with Gasteiger partial charge in [0.1, 0.15) is 0 Å². The molecule has 1 radical (unpaired) electrons. The molecule has 6 heteroatoms. The molecule has 0 aliphatic heterocycles. The Balaban J connectivity index is 0.00000200. The van der Waals surface area contributed by atoms with Gasteiger partial charge in [-0.3, -0.25) is 0 Å². The van der Waals surface area contributed by atoms with Gasteiger partial charge in [-0.05, 0) is 0 Å². The van der Waals surface area contributed by atoms with Gasteiger partial charge in [0.15, 0.2) is 0 Å². The monoisotopic (exact) mass is 390 g/mol. The van der Waals surface area contributed by atoms with Crippen LogP contribution in [-0.4, -0.2) is 21.7 Å². The van der Waals surface area contributed by atoms with Gasteiger partial charge < -0.3 is 0 Å². The first-order valence-electron chi connectivity index (χ1n) is 5.91. The molecule has 2 N–H and O–H groups in total. The summed E-state index contributed by atoms with van der Waals surface area (Å²) >= 11 is 7.73. The first kappa shape index (κ1) is 17.6. The van der Waals surface area contributed by atoms with E-state index in [0.717, 1.165) is 17.2 Å². The quantitative estimate of drug-likeness (QED) is 0.750. The predicted octanol–water partition coefficient (Wildman–Crippen LogP) is 3.71. The van der Waals surface area contributed by atoms with E-state index in [0.29, 0.717) is 5.02 Å². The summed E-state index contributed by atoms with van der Waals surface area (Å²) in [5.41, 5.74) is 6.40. The van der Waals surface area contributed by atoms with Crippen molar-refractivity contribution in [2.75, 3.05) is 0 Å². The molecule has 0 saturated carbocycles. The normalized spacial score (nSPS) is 12.2. The summed E-state index contributed by atoms with van der Waals surface area (Å²) in [6.07, 6.45) is 1.02. The van der Waals surface area contributed by atoms with Gasteiger partial charge in [0.2, 0.25) is 0 Å². The molecule has 0 bridgehead atoms. The van der Waals surface area contributed by atoms with Crippen LogP contribution in [-0.2, 0) is 11.2 Å². The fourth-order valence-corrected chi connectivity index (χ4v) is 5.83. The van der Waals surface area contributed by atoms with Crippen LogP contribution in [0.5, 0.6) is 0 Å². The number of hydrogen-bond acceptors (Lipinski definition) is 2. The van der Waals surface area contributed by atoms with Gasteiger partial charge in [-0.15, -0.1) is 12.4 Å². The number of benzene rings is 1. The van der Waals surface area contributed by atoms with Crippen LogP contribution in [0.3, 0.4) is 0 Å². The summed E-state index contributed by atoms with van der Waals surface area (Å²) in [4.78, 5) is 13.0. The number of thiophene rings is 1. The zero-order valence-corrected chi connectivity index (χ0v) is 14.9. The summed E-state index contributed by atoms with van der Waals surface area (Å²) in [5.74, 6) is -0.265. The second-order valence-corrected chi connectivity index (χ2v) is 8.29. The first-order valence-corrected chi connectivity index (χ1v) is 9.58. The van der Waals surface area contributed by atoms with E-state index in [-0.39, 0.29) is 38.8 Å². The molecule has 1 amide bonds. The number of hydrogen-bond donors (Lipinski definition) is 1. The Morgan fingerprint density at radius 2 is 2.05 bits per heavy atom. The molecule has 2 nitrogen and oxygen atoms in total. The van der Waals surface area contributed by atoms with Gasteiger partial charge in [0.05, 0.1) is 0 Å². The number of carbonyl (C=O) groups excluding carboxylic acids is 1.